The van der Waals surface area contributed by atoms with Crippen LogP contribution in [0.15, 0.2) is 42.7 Å². The number of fused-ring (bicyclic) bond motifs is 1. The third kappa shape index (κ3) is 2.90. The first-order valence-corrected chi connectivity index (χ1v) is 7.84. The standard InChI is InChI=1S/C18H20N4O2/c1-4-12-9-15-13(6-8-22(15)18(23)20-3)10-16(12)24-14-5-7-21-17(11-14)19-2/h5-11H,4H2,1-3H3,(H,19,21)(H,20,23). The maximum absolute atomic E-state index is 11.9. The lowest BCUT2D eigenvalue weighted by atomic mass is 10.1. The predicted molar refractivity (Wildman–Crippen MR) is 95.0 cm³/mol. The Morgan fingerprint density at radius 1 is 1.25 bits per heavy atom. The maximum Gasteiger partial charge on any atom is 0.325 e. The Hall–Kier alpha value is -3.02. The summed E-state index contributed by atoms with van der Waals surface area (Å²) < 4.78 is 7.66. The molecule has 0 saturated carbocycles. The van der Waals surface area contributed by atoms with Crippen molar-refractivity contribution in [2.75, 3.05) is 19.4 Å². The normalized spacial score (nSPS) is 10.6. The fraction of sp³-hybridized carbons (Fsp3) is 0.222. The molecule has 3 aromatic rings. The zero-order valence-electron chi connectivity index (χ0n) is 14.0. The number of carbonyl (C=O) groups is 1. The van der Waals surface area contributed by atoms with Gasteiger partial charge in [0.1, 0.15) is 17.3 Å². The van der Waals surface area contributed by atoms with Crippen molar-refractivity contribution in [1.29, 1.82) is 0 Å². The summed E-state index contributed by atoms with van der Waals surface area (Å²) in [6.07, 6.45) is 4.26. The van der Waals surface area contributed by atoms with E-state index in [1.165, 1.54) is 0 Å². The predicted octanol–water partition coefficient (Wildman–Crippen LogP) is 3.62. The van der Waals surface area contributed by atoms with E-state index in [2.05, 4.69) is 22.5 Å². The van der Waals surface area contributed by atoms with Crippen molar-refractivity contribution in [3.63, 3.8) is 0 Å². The lowest BCUT2D eigenvalue weighted by molar-refractivity contribution is 0.245. The minimum atomic E-state index is -0.159. The van der Waals surface area contributed by atoms with E-state index in [9.17, 15) is 4.79 Å². The lowest BCUT2D eigenvalue weighted by Gasteiger charge is -2.12. The molecular weight excluding hydrogens is 304 g/mol. The second kappa shape index (κ2) is 6.62. The van der Waals surface area contributed by atoms with Gasteiger partial charge in [-0.05, 0) is 36.2 Å². The van der Waals surface area contributed by atoms with Crippen LogP contribution in [0.2, 0.25) is 0 Å². The minimum Gasteiger partial charge on any atom is -0.457 e. The highest BCUT2D eigenvalue weighted by Gasteiger charge is 2.12. The van der Waals surface area contributed by atoms with Gasteiger partial charge in [-0.15, -0.1) is 0 Å². The van der Waals surface area contributed by atoms with E-state index in [-0.39, 0.29) is 6.03 Å². The van der Waals surface area contributed by atoms with E-state index in [1.54, 1.807) is 24.0 Å². The number of nitrogens with one attached hydrogen (secondary N) is 2. The molecule has 0 atom stereocenters. The first kappa shape index (κ1) is 15.9. The minimum absolute atomic E-state index is 0.159. The van der Waals surface area contributed by atoms with Crippen molar-refractivity contribution >= 4 is 22.8 Å². The van der Waals surface area contributed by atoms with Gasteiger partial charge in [0.25, 0.3) is 0 Å². The number of benzene rings is 1. The summed E-state index contributed by atoms with van der Waals surface area (Å²) in [5.41, 5.74) is 1.90. The Labute approximate surface area is 140 Å². The summed E-state index contributed by atoms with van der Waals surface area (Å²) in [6.45, 7) is 2.06. The van der Waals surface area contributed by atoms with E-state index < -0.39 is 0 Å². The van der Waals surface area contributed by atoms with E-state index in [0.29, 0.717) is 5.75 Å². The van der Waals surface area contributed by atoms with Crippen molar-refractivity contribution in [2.24, 2.45) is 0 Å². The quantitative estimate of drug-likeness (QED) is 0.769. The molecular formula is C18H20N4O2. The summed E-state index contributed by atoms with van der Waals surface area (Å²) in [7, 11) is 3.44. The van der Waals surface area contributed by atoms with Crippen LogP contribution >= 0.6 is 0 Å². The number of ether oxygens (including phenoxy) is 1. The molecule has 124 valence electrons. The average molecular weight is 324 g/mol. The van der Waals surface area contributed by atoms with Crippen molar-refractivity contribution < 1.29 is 9.53 Å². The van der Waals surface area contributed by atoms with Gasteiger partial charge in [0.05, 0.1) is 5.52 Å². The Balaban J connectivity index is 2.03. The van der Waals surface area contributed by atoms with Crippen LogP contribution in [0.5, 0.6) is 11.5 Å². The average Bonchev–Trinajstić information content (AvgIpc) is 3.03. The van der Waals surface area contributed by atoms with E-state index in [0.717, 1.165) is 34.5 Å². The fourth-order valence-electron chi connectivity index (χ4n) is 2.61. The van der Waals surface area contributed by atoms with Gasteiger partial charge in [-0.3, -0.25) is 4.57 Å². The number of aromatic nitrogens is 2. The molecule has 0 aliphatic rings. The molecule has 0 bridgehead atoms. The number of hydrogen-bond acceptors (Lipinski definition) is 4. The van der Waals surface area contributed by atoms with Gasteiger partial charge >= 0.3 is 6.03 Å². The van der Waals surface area contributed by atoms with Gasteiger partial charge in [-0.25, -0.2) is 9.78 Å². The number of rotatable bonds is 4. The van der Waals surface area contributed by atoms with Gasteiger partial charge in [-0.2, -0.15) is 0 Å². The van der Waals surface area contributed by atoms with Gasteiger partial charge in [0.2, 0.25) is 0 Å². The van der Waals surface area contributed by atoms with E-state index >= 15 is 0 Å². The zero-order chi connectivity index (χ0) is 17.1. The molecule has 0 spiro atoms. The number of amides is 1. The second-order valence-corrected chi connectivity index (χ2v) is 5.34. The molecule has 2 aromatic heterocycles. The number of aryl methyl sites for hydroxylation is 1. The topological polar surface area (TPSA) is 68.2 Å². The third-order valence-electron chi connectivity index (χ3n) is 3.90. The summed E-state index contributed by atoms with van der Waals surface area (Å²) in [4.78, 5) is 16.1. The second-order valence-electron chi connectivity index (χ2n) is 5.34. The molecule has 0 saturated heterocycles. The molecule has 1 amide bonds. The van der Waals surface area contributed by atoms with Crippen LogP contribution in [-0.4, -0.2) is 29.7 Å². The van der Waals surface area contributed by atoms with Crippen molar-refractivity contribution in [2.45, 2.75) is 13.3 Å². The number of anilines is 1. The molecule has 3 rings (SSSR count). The Kier molecular flexibility index (Phi) is 4.37. The number of carbonyl (C=O) groups excluding carboxylic acids is 1. The summed E-state index contributed by atoms with van der Waals surface area (Å²) in [5, 5.41) is 6.59. The first-order chi connectivity index (χ1) is 11.7. The van der Waals surface area contributed by atoms with Crippen LogP contribution < -0.4 is 15.4 Å². The van der Waals surface area contributed by atoms with Gasteiger partial charge in [0.15, 0.2) is 0 Å². The smallest absolute Gasteiger partial charge is 0.325 e. The molecule has 24 heavy (non-hydrogen) atoms. The highest BCUT2D eigenvalue weighted by Crippen LogP contribution is 2.31. The first-order valence-electron chi connectivity index (χ1n) is 7.84. The summed E-state index contributed by atoms with van der Waals surface area (Å²) in [6, 6.07) is 9.38. The van der Waals surface area contributed by atoms with Crippen LogP contribution in [0.4, 0.5) is 10.6 Å². The van der Waals surface area contributed by atoms with Crippen molar-refractivity contribution in [3.8, 4) is 11.5 Å². The molecule has 0 aliphatic heterocycles. The van der Waals surface area contributed by atoms with Gasteiger partial charge in [-0.1, -0.05) is 6.92 Å². The maximum atomic E-state index is 11.9. The van der Waals surface area contributed by atoms with Gasteiger partial charge in [0, 0.05) is 37.9 Å². The zero-order valence-corrected chi connectivity index (χ0v) is 14.0. The van der Waals surface area contributed by atoms with Crippen LogP contribution in [-0.2, 0) is 6.42 Å². The van der Waals surface area contributed by atoms with Crippen molar-refractivity contribution in [1.82, 2.24) is 14.9 Å². The molecule has 1 aromatic carbocycles. The molecule has 2 heterocycles. The summed E-state index contributed by atoms with van der Waals surface area (Å²) in [5.74, 6) is 2.25. The number of hydrogen-bond donors (Lipinski definition) is 2. The SMILES string of the molecule is CCc1cc2c(ccn2C(=O)NC)cc1Oc1ccnc(NC)c1. The van der Waals surface area contributed by atoms with Crippen LogP contribution in [0.1, 0.15) is 12.5 Å². The molecule has 0 unspecified atom stereocenters. The number of nitrogens with zero attached hydrogens (tertiary/aromatic N) is 2. The summed E-state index contributed by atoms with van der Waals surface area (Å²) >= 11 is 0. The van der Waals surface area contributed by atoms with E-state index in [1.807, 2.05) is 37.4 Å². The monoisotopic (exact) mass is 324 g/mol. The molecule has 6 nitrogen and oxygen atoms in total. The fourth-order valence-corrected chi connectivity index (χ4v) is 2.61. The molecule has 6 heteroatoms. The van der Waals surface area contributed by atoms with Crippen LogP contribution in [0, 0.1) is 0 Å². The molecule has 2 N–H and O–H groups in total. The molecule has 0 fully saturated rings. The van der Waals surface area contributed by atoms with E-state index in [4.69, 9.17) is 4.74 Å². The molecule has 0 aliphatic carbocycles. The Morgan fingerprint density at radius 3 is 2.79 bits per heavy atom. The highest BCUT2D eigenvalue weighted by atomic mass is 16.5. The number of pyridine rings is 1. The van der Waals surface area contributed by atoms with Crippen LogP contribution in [0.25, 0.3) is 10.9 Å². The Bertz CT molecular complexity index is 886. The Morgan fingerprint density at radius 2 is 2.08 bits per heavy atom. The van der Waals surface area contributed by atoms with Crippen LogP contribution in [0.3, 0.4) is 0 Å². The van der Waals surface area contributed by atoms with Crippen molar-refractivity contribution in [3.05, 3.63) is 48.3 Å². The lowest BCUT2D eigenvalue weighted by Crippen LogP contribution is -2.23. The highest BCUT2D eigenvalue weighted by molar-refractivity contribution is 5.92. The third-order valence-corrected chi connectivity index (χ3v) is 3.90. The molecule has 0 radical (unpaired) electrons. The largest absolute Gasteiger partial charge is 0.457 e. The van der Waals surface area contributed by atoms with Gasteiger partial charge < -0.3 is 15.4 Å².